The number of imidazole rings is 1. The number of rotatable bonds is 3. The van der Waals surface area contributed by atoms with E-state index in [0.29, 0.717) is 0 Å². The van der Waals surface area contributed by atoms with Crippen molar-refractivity contribution in [1.82, 2.24) is 14.3 Å². The molecule has 4 rings (SSSR count). The van der Waals surface area contributed by atoms with Gasteiger partial charge in [0.2, 0.25) is 0 Å². The fourth-order valence-electron chi connectivity index (χ4n) is 2.99. The van der Waals surface area contributed by atoms with E-state index in [4.69, 9.17) is 16.6 Å². The van der Waals surface area contributed by atoms with Crippen molar-refractivity contribution >= 4 is 27.9 Å². The van der Waals surface area contributed by atoms with Crippen molar-refractivity contribution in [3.05, 3.63) is 46.6 Å². The molecule has 1 N–H and O–H groups in total. The van der Waals surface area contributed by atoms with Crippen LogP contribution in [0, 0.1) is 0 Å². The van der Waals surface area contributed by atoms with E-state index in [0.717, 1.165) is 47.3 Å². The Hall–Kier alpha value is -1.40. The molecule has 1 aliphatic heterocycles. The van der Waals surface area contributed by atoms with Crippen LogP contribution in [0.25, 0.3) is 16.2 Å². The van der Waals surface area contributed by atoms with Gasteiger partial charge in [-0.2, -0.15) is 0 Å². The average Bonchev–Trinajstić information content (AvgIpc) is 3.18. The van der Waals surface area contributed by atoms with Crippen molar-refractivity contribution < 1.29 is 5.11 Å². The summed E-state index contributed by atoms with van der Waals surface area (Å²) >= 11 is 7.63. The van der Waals surface area contributed by atoms with Gasteiger partial charge in [-0.1, -0.05) is 23.7 Å². The summed E-state index contributed by atoms with van der Waals surface area (Å²) in [6.07, 6.45) is 2.71. The number of hydrogen-bond acceptors (Lipinski definition) is 4. The molecule has 0 bridgehead atoms. The first-order chi connectivity index (χ1) is 10.7. The smallest absolute Gasteiger partial charge is 0.194 e. The SMILES string of the molecule is O[C@H]1CCN(Cc2c(-c3ccc(Cl)cc3)nc3sccn23)C1. The Morgan fingerprint density at radius 2 is 2.14 bits per heavy atom. The van der Waals surface area contributed by atoms with Crippen molar-refractivity contribution in [2.45, 2.75) is 19.1 Å². The van der Waals surface area contributed by atoms with Gasteiger partial charge in [0.05, 0.1) is 17.5 Å². The summed E-state index contributed by atoms with van der Waals surface area (Å²) in [7, 11) is 0. The normalized spacial score (nSPS) is 19.3. The van der Waals surface area contributed by atoms with E-state index >= 15 is 0 Å². The Labute approximate surface area is 137 Å². The van der Waals surface area contributed by atoms with Gasteiger partial charge in [0.25, 0.3) is 0 Å². The molecule has 0 unspecified atom stereocenters. The first-order valence-corrected chi connectivity index (χ1v) is 8.57. The van der Waals surface area contributed by atoms with Gasteiger partial charge in [0.15, 0.2) is 4.96 Å². The minimum Gasteiger partial charge on any atom is -0.392 e. The highest BCUT2D eigenvalue weighted by atomic mass is 35.5. The molecule has 6 heteroatoms. The van der Waals surface area contributed by atoms with E-state index in [9.17, 15) is 5.11 Å². The zero-order chi connectivity index (χ0) is 15.1. The maximum Gasteiger partial charge on any atom is 0.194 e. The number of aromatic nitrogens is 2. The molecule has 0 saturated carbocycles. The second kappa shape index (κ2) is 5.66. The van der Waals surface area contributed by atoms with Gasteiger partial charge in [-0.25, -0.2) is 4.98 Å². The minimum absolute atomic E-state index is 0.204. The van der Waals surface area contributed by atoms with Crippen molar-refractivity contribution in [3.63, 3.8) is 0 Å². The lowest BCUT2D eigenvalue weighted by molar-refractivity contribution is 0.174. The summed E-state index contributed by atoms with van der Waals surface area (Å²) in [6.45, 7) is 2.46. The highest BCUT2D eigenvalue weighted by molar-refractivity contribution is 7.15. The Balaban J connectivity index is 1.75. The monoisotopic (exact) mass is 333 g/mol. The Bertz CT molecular complexity index is 795. The topological polar surface area (TPSA) is 40.8 Å². The molecule has 3 aromatic rings. The van der Waals surface area contributed by atoms with E-state index in [2.05, 4.69) is 20.9 Å². The molecule has 0 radical (unpaired) electrons. The van der Waals surface area contributed by atoms with Gasteiger partial charge in [0, 0.05) is 41.8 Å². The largest absolute Gasteiger partial charge is 0.392 e. The highest BCUT2D eigenvalue weighted by Crippen LogP contribution is 2.29. The minimum atomic E-state index is -0.204. The highest BCUT2D eigenvalue weighted by Gasteiger charge is 2.23. The van der Waals surface area contributed by atoms with Crippen LogP contribution in [0.4, 0.5) is 0 Å². The lowest BCUT2D eigenvalue weighted by Crippen LogP contribution is -2.22. The van der Waals surface area contributed by atoms with Gasteiger partial charge in [-0.15, -0.1) is 11.3 Å². The van der Waals surface area contributed by atoms with Crippen LogP contribution in [-0.4, -0.2) is 38.6 Å². The van der Waals surface area contributed by atoms with E-state index in [-0.39, 0.29) is 6.10 Å². The summed E-state index contributed by atoms with van der Waals surface area (Å²) < 4.78 is 2.15. The lowest BCUT2D eigenvalue weighted by atomic mass is 10.1. The fraction of sp³-hybridized carbons (Fsp3) is 0.312. The molecule has 1 aliphatic rings. The zero-order valence-electron chi connectivity index (χ0n) is 11.9. The van der Waals surface area contributed by atoms with Crippen LogP contribution in [0.2, 0.25) is 5.02 Å². The standard InChI is InChI=1S/C16H16ClN3OS/c17-12-3-1-11(2-4-12)15-14(10-19-6-5-13(21)9-19)20-7-8-22-16(20)18-15/h1-4,7-8,13,21H,5-6,9-10H2/t13-/m0/s1. The van der Waals surface area contributed by atoms with Crippen LogP contribution in [0.5, 0.6) is 0 Å². The summed E-state index contributed by atoms with van der Waals surface area (Å²) in [5.41, 5.74) is 3.26. The van der Waals surface area contributed by atoms with Crippen LogP contribution >= 0.6 is 22.9 Å². The first-order valence-electron chi connectivity index (χ1n) is 7.31. The molecule has 0 spiro atoms. The number of aliphatic hydroxyl groups is 1. The van der Waals surface area contributed by atoms with Crippen molar-refractivity contribution in [1.29, 1.82) is 0 Å². The molecule has 114 valence electrons. The Morgan fingerprint density at radius 3 is 2.86 bits per heavy atom. The van der Waals surface area contributed by atoms with E-state index in [1.165, 1.54) is 5.69 Å². The molecule has 3 heterocycles. The van der Waals surface area contributed by atoms with Gasteiger partial charge in [-0.3, -0.25) is 9.30 Å². The number of thiazole rings is 1. The molecule has 22 heavy (non-hydrogen) atoms. The molecular formula is C16H16ClN3OS. The van der Waals surface area contributed by atoms with Crippen LogP contribution in [0.3, 0.4) is 0 Å². The summed E-state index contributed by atoms with van der Waals surface area (Å²) in [6, 6.07) is 7.82. The Kier molecular flexibility index (Phi) is 3.66. The van der Waals surface area contributed by atoms with Crippen LogP contribution in [0.15, 0.2) is 35.8 Å². The number of fused-ring (bicyclic) bond motifs is 1. The predicted octanol–water partition coefficient (Wildman–Crippen LogP) is 3.28. The van der Waals surface area contributed by atoms with Gasteiger partial charge < -0.3 is 5.11 Å². The fourth-order valence-corrected chi connectivity index (χ4v) is 3.85. The van der Waals surface area contributed by atoms with Crippen LogP contribution in [-0.2, 0) is 6.54 Å². The molecule has 1 atom stereocenters. The molecule has 0 amide bonds. The van der Waals surface area contributed by atoms with Crippen LogP contribution < -0.4 is 0 Å². The first kappa shape index (κ1) is 14.2. The number of aliphatic hydroxyl groups excluding tert-OH is 1. The molecule has 0 aliphatic carbocycles. The maximum absolute atomic E-state index is 9.74. The number of nitrogens with zero attached hydrogens (tertiary/aromatic N) is 3. The average molecular weight is 334 g/mol. The van der Waals surface area contributed by atoms with E-state index in [1.54, 1.807) is 11.3 Å². The summed E-state index contributed by atoms with van der Waals surface area (Å²) in [4.78, 5) is 8.07. The van der Waals surface area contributed by atoms with Gasteiger partial charge in [-0.05, 0) is 18.6 Å². The molecule has 1 aromatic carbocycles. The number of β-amino-alcohol motifs (C(OH)–C–C–N with tert-alkyl or cyclic N) is 1. The molecule has 4 nitrogen and oxygen atoms in total. The maximum atomic E-state index is 9.74. The number of halogens is 1. The predicted molar refractivity (Wildman–Crippen MR) is 89.4 cm³/mol. The third kappa shape index (κ3) is 2.54. The second-order valence-electron chi connectivity index (χ2n) is 5.65. The summed E-state index contributed by atoms with van der Waals surface area (Å²) in [5, 5.41) is 12.5. The van der Waals surface area contributed by atoms with Crippen molar-refractivity contribution in [2.24, 2.45) is 0 Å². The molecular weight excluding hydrogens is 318 g/mol. The lowest BCUT2D eigenvalue weighted by Gasteiger charge is -2.15. The van der Waals surface area contributed by atoms with E-state index < -0.39 is 0 Å². The Morgan fingerprint density at radius 1 is 1.32 bits per heavy atom. The molecule has 1 fully saturated rings. The van der Waals surface area contributed by atoms with E-state index in [1.807, 2.05) is 24.3 Å². The molecule has 1 saturated heterocycles. The van der Waals surface area contributed by atoms with Gasteiger partial charge >= 0.3 is 0 Å². The van der Waals surface area contributed by atoms with Gasteiger partial charge in [0.1, 0.15) is 0 Å². The number of benzene rings is 1. The van der Waals surface area contributed by atoms with Crippen molar-refractivity contribution in [3.8, 4) is 11.3 Å². The third-order valence-corrected chi connectivity index (χ3v) is 5.11. The molecule has 2 aromatic heterocycles. The summed E-state index contributed by atoms with van der Waals surface area (Å²) in [5.74, 6) is 0. The van der Waals surface area contributed by atoms with Crippen LogP contribution in [0.1, 0.15) is 12.1 Å². The second-order valence-corrected chi connectivity index (χ2v) is 6.96. The number of hydrogen-bond donors (Lipinski definition) is 1. The third-order valence-electron chi connectivity index (χ3n) is 4.10. The van der Waals surface area contributed by atoms with Crippen molar-refractivity contribution in [2.75, 3.05) is 13.1 Å². The number of likely N-dealkylation sites (tertiary alicyclic amines) is 1. The quantitative estimate of drug-likeness (QED) is 0.799. The zero-order valence-corrected chi connectivity index (χ0v) is 13.5.